The zero-order valence-corrected chi connectivity index (χ0v) is 16.9. The van der Waals surface area contributed by atoms with E-state index in [0.29, 0.717) is 0 Å². The second kappa shape index (κ2) is 15.5. The van der Waals surface area contributed by atoms with Crippen molar-refractivity contribution in [3.8, 4) is 0 Å². The van der Waals surface area contributed by atoms with E-state index in [1.54, 1.807) is 0 Å². The van der Waals surface area contributed by atoms with Crippen LogP contribution in [0.4, 0.5) is 0 Å². The maximum atomic E-state index is 10.3. The monoisotopic (exact) mass is 466 g/mol. The molecule has 0 aromatic rings. The van der Waals surface area contributed by atoms with Crippen molar-refractivity contribution >= 4 is 75.4 Å². The Morgan fingerprint density at radius 1 is 0.821 bits per heavy atom. The molecule has 162 valence electrons. The average molecular weight is 466 g/mol. The molecular formula is C10H19CaO16P. The van der Waals surface area contributed by atoms with Crippen LogP contribution in [0.2, 0.25) is 0 Å². The fourth-order valence-electron chi connectivity index (χ4n) is 0.967. The van der Waals surface area contributed by atoms with Gasteiger partial charge in [-0.05, 0) is 0 Å². The number of carboxylic acid groups (broad SMARTS) is 5. The normalized spacial score (nSPS) is 11.2. The third-order valence-corrected chi connectivity index (χ3v) is 1.94. The SMILES string of the molecule is O=C(O)CC(O)(CC(=O)O)C(=O)O.O=C(O)CC(O)C(=O)O.O=P(O)(O)O.[Ca+2].[H-].[H-]. The van der Waals surface area contributed by atoms with Crippen LogP contribution in [0.5, 0.6) is 0 Å². The van der Waals surface area contributed by atoms with Gasteiger partial charge < -0.3 is 53.3 Å². The van der Waals surface area contributed by atoms with Crippen LogP contribution in [0, 0.1) is 0 Å². The van der Waals surface area contributed by atoms with Crippen molar-refractivity contribution in [1.82, 2.24) is 0 Å². The molecule has 0 saturated heterocycles. The second-order valence-corrected chi connectivity index (χ2v) is 5.47. The Morgan fingerprint density at radius 3 is 1.21 bits per heavy atom. The average Bonchev–Trinajstić information content (AvgIpc) is 2.33. The summed E-state index contributed by atoms with van der Waals surface area (Å²) >= 11 is 0. The molecule has 1 unspecified atom stereocenters. The van der Waals surface area contributed by atoms with E-state index in [0.717, 1.165) is 0 Å². The van der Waals surface area contributed by atoms with Crippen molar-refractivity contribution in [2.24, 2.45) is 0 Å². The van der Waals surface area contributed by atoms with Gasteiger partial charge in [-0.15, -0.1) is 0 Å². The fraction of sp³-hybridized carbons (Fsp3) is 0.500. The molecule has 0 heterocycles. The van der Waals surface area contributed by atoms with Crippen LogP contribution in [-0.4, -0.2) is 130 Å². The van der Waals surface area contributed by atoms with Gasteiger partial charge in [0.2, 0.25) is 0 Å². The zero-order chi connectivity index (χ0) is 22.6. The summed E-state index contributed by atoms with van der Waals surface area (Å²) in [5, 5.41) is 58.0. The van der Waals surface area contributed by atoms with Crippen molar-refractivity contribution < 1.29 is 81.8 Å². The molecule has 10 N–H and O–H groups in total. The summed E-state index contributed by atoms with van der Waals surface area (Å²) in [6.45, 7) is 0. The molecule has 18 heteroatoms. The first kappa shape index (κ1) is 34.2. The molecule has 0 radical (unpaired) electrons. The molecular weight excluding hydrogens is 447 g/mol. The quantitative estimate of drug-likeness (QED) is 0.123. The minimum absolute atomic E-state index is 0. The molecule has 0 aromatic carbocycles. The summed E-state index contributed by atoms with van der Waals surface area (Å²) in [5.74, 6) is -7.86. The second-order valence-electron chi connectivity index (χ2n) is 4.44. The number of hydrogen-bond donors (Lipinski definition) is 10. The van der Waals surface area contributed by atoms with Gasteiger partial charge in [0.25, 0.3) is 0 Å². The maximum absolute atomic E-state index is 10.3. The standard InChI is InChI=1S/C6H8O7.C4H6O5.Ca.H3O4P.2H/c7-3(8)1-6(13,5(11)12)2-4(9)10;5-2(4(8)9)1-3(6)7;;1-5(2,3)4;;/h13H,1-2H2,(H,7,8)(H,9,10)(H,11,12);2,5H,1H2,(H,6,7)(H,8,9);;(H3,1,2,3,4);;/q;;+2;;2*-1. The van der Waals surface area contributed by atoms with Crippen LogP contribution < -0.4 is 0 Å². The Morgan fingerprint density at radius 2 is 1.11 bits per heavy atom. The van der Waals surface area contributed by atoms with E-state index in [9.17, 15) is 24.0 Å². The van der Waals surface area contributed by atoms with Crippen molar-refractivity contribution in [1.29, 1.82) is 0 Å². The van der Waals surface area contributed by atoms with Gasteiger partial charge in [-0.3, -0.25) is 14.4 Å². The summed E-state index contributed by atoms with van der Waals surface area (Å²) in [6.07, 6.45) is -4.83. The number of hydrogen-bond acceptors (Lipinski definition) is 8. The molecule has 0 saturated carbocycles. The Bertz CT molecular complexity index is 583. The number of aliphatic carboxylic acids is 5. The molecule has 0 aliphatic rings. The van der Waals surface area contributed by atoms with Crippen LogP contribution in [0.3, 0.4) is 0 Å². The first-order valence-electron chi connectivity index (χ1n) is 6.12. The Labute approximate surface area is 187 Å². The molecule has 16 nitrogen and oxygen atoms in total. The molecule has 1 atom stereocenters. The number of rotatable bonds is 8. The molecule has 0 aliphatic carbocycles. The van der Waals surface area contributed by atoms with E-state index in [2.05, 4.69) is 0 Å². The van der Waals surface area contributed by atoms with Crippen molar-refractivity contribution in [2.45, 2.75) is 31.0 Å². The van der Waals surface area contributed by atoms with Gasteiger partial charge in [-0.25, -0.2) is 14.2 Å². The van der Waals surface area contributed by atoms with E-state index in [-0.39, 0.29) is 40.6 Å². The first-order valence-corrected chi connectivity index (χ1v) is 7.68. The molecule has 0 aliphatic heterocycles. The van der Waals surface area contributed by atoms with Crippen LogP contribution >= 0.6 is 7.82 Å². The van der Waals surface area contributed by atoms with E-state index in [1.165, 1.54) is 0 Å². The van der Waals surface area contributed by atoms with Gasteiger partial charge in [0, 0.05) is 0 Å². The third-order valence-electron chi connectivity index (χ3n) is 1.94. The smallest absolute Gasteiger partial charge is 1.00 e. The minimum atomic E-state index is -4.64. The Kier molecular flexibility index (Phi) is 19.0. The number of aliphatic hydroxyl groups is 2. The third kappa shape index (κ3) is 26.9. The number of phosphoric acid groups is 1. The van der Waals surface area contributed by atoms with Crippen molar-refractivity contribution in [3.05, 3.63) is 0 Å². The predicted octanol–water partition coefficient (Wildman–Crippen LogP) is -3.43. The van der Waals surface area contributed by atoms with E-state index in [1.807, 2.05) is 0 Å². The van der Waals surface area contributed by atoms with Crippen molar-refractivity contribution in [2.75, 3.05) is 0 Å². The first-order chi connectivity index (χ1) is 11.8. The zero-order valence-electron chi connectivity index (χ0n) is 15.8. The number of carbonyl (C=O) groups is 5. The van der Waals surface area contributed by atoms with Crippen molar-refractivity contribution in [3.63, 3.8) is 0 Å². The molecule has 28 heavy (non-hydrogen) atoms. The molecule has 0 aromatic heterocycles. The minimum Gasteiger partial charge on any atom is -1.00 e. The van der Waals surface area contributed by atoms with Crippen LogP contribution in [0.25, 0.3) is 0 Å². The van der Waals surface area contributed by atoms with Gasteiger partial charge in [-0.1, -0.05) is 0 Å². The van der Waals surface area contributed by atoms with E-state index in [4.69, 9.17) is 55.0 Å². The predicted molar refractivity (Wildman–Crippen MR) is 85.2 cm³/mol. The summed E-state index contributed by atoms with van der Waals surface area (Å²) in [6, 6.07) is 0. The topological polar surface area (TPSA) is 305 Å². The summed E-state index contributed by atoms with van der Waals surface area (Å²) in [4.78, 5) is 71.5. The maximum Gasteiger partial charge on any atom is 2.00 e. The molecule has 0 spiro atoms. The molecule has 0 fully saturated rings. The molecule has 0 rings (SSSR count). The largest absolute Gasteiger partial charge is 2.00 e. The van der Waals surface area contributed by atoms with Crippen LogP contribution in [-0.2, 0) is 28.5 Å². The van der Waals surface area contributed by atoms with Crippen LogP contribution in [0.1, 0.15) is 22.1 Å². The van der Waals surface area contributed by atoms with E-state index >= 15 is 0 Å². The Hall–Kier alpha value is -1.36. The van der Waals surface area contributed by atoms with Crippen LogP contribution in [0.15, 0.2) is 0 Å². The summed E-state index contributed by atoms with van der Waals surface area (Å²) < 4.78 is 8.88. The van der Waals surface area contributed by atoms with E-state index < -0.39 is 68.6 Å². The van der Waals surface area contributed by atoms with Gasteiger partial charge in [0.05, 0.1) is 19.3 Å². The number of aliphatic hydroxyl groups excluding tert-OH is 1. The fourth-order valence-corrected chi connectivity index (χ4v) is 0.967. The van der Waals surface area contributed by atoms with Gasteiger partial charge >= 0.3 is 75.4 Å². The number of carboxylic acids is 5. The van der Waals surface area contributed by atoms with Gasteiger partial charge in [0.15, 0.2) is 11.7 Å². The Balaban J connectivity index is -0.0000000748. The molecule has 0 amide bonds. The van der Waals surface area contributed by atoms with Gasteiger partial charge in [-0.2, -0.15) is 0 Å². The van der Waals surface area contributed by atoms with Gasteiger partial charge in [0.1, 0.15) is 0 Å². The molecule has 0 bridgehead atoms. The summed E-state index contributed by atoms with van der Waals surface area (Å²) in [5.41, 5.74) is -2.74. The summed E-state index contributed by atoms with van der Waals surface area (Å²) in [7, 11) is -4.64.